The minimum Gasteiger partial charge on any atom is -0.446 e. The van der Waals surface area contributed by atoms with Crippen LogP contribution in [-0.4, -0.2) is 18.2 Å². The second-order valence-corrected chi connectivity index (χ2v) is 4.67. The maximum Gasteiger partial charge on any atom is 0.411 e. The average molecular weight is 255 g/mol. The number of hydrogen-bond acceptors (Lipinski definition) is 3. The number of anilines is 1. The lowest BCUT2D eigenvalue weighted by molar-refractivity contribution is 0.114. The molecule has 1 aliphatic rings. The maximum absolute atomic E-state index is 11.6. The van der Waals surface area contributed by atoms with Gasteiger partial charge in [0.05, 0.1) is 0 Å². The molecule has 1 aromatic carbocycles. The van der Waals surface area contributed by atoms with Gasteiger partial charge in [0, 0.05) is 16.8 Å². The van der Waals surface area contributed by atoms with Crippen LogP contribution in [0.5, 0.6) is 0 Å². The topological polar surface area (TPSA) is 64.3 Å². The molecule has 2 rings (SSSR count). The molecule has 1 fully saturated rings. The van der Waals surface area contributed by atoms with Crippen molar-refractivity contribution >= 4 is 23.4 Å². The van der Waals surface area contributed by atoms with E-state index >= 15 is 0 Å². The van der Waals surface area contributed by atoms with Gasteiger partial charge in [-0.2, -0.15) is 0 Å². The molecule has 17 heavy (non-hydrogen) atoms. The third-order valence-electron chi connectivity index (χ3n) is 2.77. The molecule has 0 aliphatic heterocycles. The maximum atomic E-state index is 11.6. The molecule has 0 heterocycles. The van der Waals surface area contributed by atoms with E-state index in [4.69, 9.17) is 22.1 Å². The second kappa shape index (κ2) is 5.38. The van der Waals surface area contributed by atoms with Gasteiger partial charge in [-0.3, -0.25) is 5.32 Å². The third-order valence-corrected chi connectivity index (χ3v) is 3.00. The summed E-state index contributed by atoms with van der Waals surface area (Å²) in [7, 11) is 0. The zero-order chi connectivity index (χ0) is 12.3. The van der Waals surface area contributed by atoms with Crippen molar-refractivity contribution in [2.24, 2.45) is 5.73 Å². The van der Waals surface area contributed by atoms with E-state index in [1.807, 2.05) is 0 Å². The van der Waals surface area contributed by atoms with Gasteiger partial charge in [0.2, 0.25) is 0 Å². The van der Waals surface area contributed by atoms with Crippen LogP contribution in [0.3, 0.4) is 0 Å². The summed E-state index contributed by atoms with van der Waals surface area (Å²) in [5.74, 6) is 0. The van der Waals surface area contributed by atoms with Gasteiger partial charge in [-0.05, 0) is 37.5 Å². The largest absolute Gasteiger partial charge is 0.446 e. The standard InChI is InChI=1S/C12H15ClN2O2/c13-8-2-1-3-10(6-8)15-12(16)17-11-5-4-9(14)7-11/h1-3,6,9,11H,4-5,7,14H2,(H,15,16). The molecule has 1 saturated carbocycles. The molecular weight excluding hydrogens is 240 g/mol. The lowest BCUT2D eigenvalue weighted by Crippen LogP contribution is -2.22. The van der Waals surface area contributed by atoms with Crippen molar-refractivity contribution in [2.45, 2.75) is 31.4 Å². The van der Waals surface area contributed by atoms with E-state index in [0.717, 1.165) is 19.3 Å². The van der Waals surface area contributed by atoms with Gasteiger partial charge in [0.15, 0.2) is 0 Å². The first-order valence-electron chi connectivity index (χ1n) is 5.62. The molecule has 3 N–H and O–H groups in total. The van der Waals surface area contributed by atoms with Crippen LogP contribution in [0.1, 0.15) is 19.3 Å². The summed E-state index contributed by atoms with van der Waals surface area (Å²) in [5.41, 5.74) is 6.37. The number of amides is 1. The molecule has 0 radical (unpaired) electrons. The number of nitrogens with one attached hydrogen (secondary N) is 1. The Balaban J connectivity index is 1.85. The molecule has 4 nitrogen and oxygen atoms in total. The third kappa shape index (κ3) is 3.61. The summed E-state index contributed by atoms with van der Waals surface area (Å²) in [6.45, 7) is 0. The Hall–Kier alpha value is -1.26. The summed E-state index contributed by atoms with van der Waals surface area (Å²) >= 11 is 5.81. The molecule has 0 aromatic heterocycles. The van der Waals surface area contributed by atoms with Gasteiger partial charge < -0.3 is 10.5 Å². The van der Waals surface area contributed by atoms with E-state index in [9.17, 15) is 4.79 Å². The van der Waals surface area contributed by atoms with E-state index in [-0.39, 0.29) is 12.1 Å². The molecular formula is C12H15ClN2O2. The fourth-order valence-electron chi connectivity index (χ4n) is 1.95. The molecule has 2 unspecified atom stereocenters. The van der Waals surface area contributed by atoms with E-state index in [1.165, 1.54) is 0 Å². The zero-order valence-corrected chi connectivity index (χ0v) is 10.1. The van der Waals surface area contributed by atoms with Crippen LogP contribution in [0.2, 0.25) is 5.02 Å². The molecule has 2 atom stereocenters. The predicted octanol–water partition coefficient (Wildman–Crippen LogP) is 2.77. The highest BCUT2D eigenvalue weighted by molar-refractivity contribution is 6.30. The first kappa shape index (κ1) is 12.2. The van der Waals surface area contributed by atoms with Crippen LogP contribution in [0.25, 0.3) is 0 Å². The fourth-order valence-corrected chi connectivity index (χ4v) is 2.14. The minimum absolute atomic E-state index is 0.0656. The molecule has 0 saturated heterocycles. The monoisotopic (exact) mass is 254 g/mol. The van der Waals surface area contributed by atoms with Gasteiger partial charge in [-0.15, -0.1) is 0 Å². The van der Waals surface area contributed by atoms with Gasteiger partial charge in [-0.25, -0.2) is 4.79 Å². The summed E-state index contributed by atoms with van der Waals surface area (Å²) in [4.78, 5) is 11.6. The van der Waals surface area contributed by atoms with Crippen LogP contribution in [-0.2, 0) is 4.74 Å². The first-order chi connectivity index (χ1) is 8.13. The normalized spacial score (nSPS) is 23.4. The van der Waals surface area contributed by atoms with Crippen molar-refractivity contribution in [1.29, 1.82) is 0 Å². The fraction of sp³-hybridized carbons (Fsp3) is 0.417. The molecule has 1 aliphatic carbocycles. The van der Waals surface area contributed by atoms with Gasteiger partial charge >= 0.3 is 6.09 Å². The Bertz CT molecular complexity index is 411. The number of benzene rings is 1. The highest BCUT2D eigenvalue weighted by Gasteiger charge is 2.24. The number of carbonyl (C=O) groups excluding carboxylic acids is 1. The quantitative estimate of drug-likeness (QED) is 0.853. The van der Waals surface area contributed by atoms with Crippen LogP contribution < -0.4 is 11.1 Å². The number of halogens is 1. The van der Waals surface area contributed by atoms with Gasteiger partial charge in [0.1, 0.15) is 6.10 Å². The summed E-state index contributed by atoms with van der Waals surface area (Å²) in [6.07, 6.45) is 1.97. The van der Waals surface area contributed by atoms with E-state index in [0.29, 0.717) is 10.7 Å². The Kier molecular flexibility index (Phi) is 3.86. The van der Waals surface area contributed by atoms with Crippen molar-refractivity contribution in [1.82, 2.24) is 0 Å². The smallest absolute Gasteiger partial charge is 0.411 e. The Morgan fingerprint density at radius 2 is 2.29 bits per heavy atom. The summed E-state index contributed by atoms with van der Waals surface area (Å²) in [5, 5.41) is 3.21. The van der Waals surface area contributed by atoms with Crippen LogP contribution >= 0.6 is 11.6 Å². The van der Waals surface area contributed by atoms with Crippen molar-refractivity contribution in [3.63, 3.8) is 0 Å². The zero-order valence-electron chi connectivity index (χ0n) is 9.36. The Labute approximate surface area is 105 Å². The number of ether oxygens (including phenoxy) is 1. The van der Waals surface area contributed by atoms with Gasteiger partial charge in [-0.1, -0.05) is 17.7 Å². The molecule has 0 bridgehead atoms. The predicted molar refractivity (Wildman–Crippen MR) is 67.2 cm³/mol. The average Bonchev–Trinajstić information content (AvgIpc) is 2.63. The molecule has 5 heteroatoms. The Morgan fingerprint density at radius 1 is 1.47 bits per heavy atom. The summed E-state index contributed by atoms with van der Waals surface area (Å²) < 4.78 is 5.25. The number of rotatable bonds is 2. The highest BCUT2D eigenvalue weighted by atomic mass is 35.5. The molecule has 1 amide bonds. The van der Waals surface area contributed by atoms with Crippen molar-refractivity contribution in [2.75, 3.05) is 5.32 Å². The SMILES string of the molecule is NC1CCC(OC(=O)Nc2cccc(Cl)c2)C1. The Morgan fingerprint density at radius 3 is 2.94 bits per heavy atom. The minimum atomic E-state index is -0.452. The lowest BCUT2D eigenvalue weighted by atomic mass is 10.3. The van der Waals surface area contributed by atoms with Crippen molar-refractivity contribution in [3.05, 3.63) is 29.3 Å². The number of nitrogens with two attached hydrogens (primary N) is 1. The van der Waals surface area contributed by atoms with Crippen molar-refractivity contribution in [3.8, 4) is 0 Å². The summed E-state index contributed by atoms with van der Waals surface area (Å²) in [6, 6.07) is 7.09. The van der Waals surface area contributed by atoms with E-state index in [2.05, 4.69) is 5.32 Å². The molecule has 1 aromatic rings. The van der Waals surface area contributed by atoms with Gasteiger partial charge in [0.25, 0.3) is 0 Å². The van der Waals surface area contributed by atoms with Crippen LogP contribution in [0.4, 0.5) is 10.5 Å². The highest BCUT2D eigenvalue weighted by Crippen LogP contribution is 2.21. The lowest BCUT2D eigenvalue weighted by Gasteiger charge is -2.12. The first-order valence-corrected chi connectivity index (χ1v) is 6.00. The molecule has 0 spiro atoms. The van der Waals surface area contributed by atoms with Crippen LogP contribution in [0, 0.1) is 0 Å². The van der Waals surface area contributed by atoms with Crippen LogP contribution in [0.15, 0.2) is 24.3 Å². The number of hydrogen-bond donors (Lipinski definition) is 2. The number of carbonyl (C=O) groups is 1. The van der Waals surface area contributed by atoms with E-state index in [1.54, 1.807) is 24.3 Å². The van der Waals surface area contributed by atoms with Crippen molar-refractivity contribution < 1.29 is 9.53 Å². The molecule has 92 valence electrons. The van der Waals surface area contributed by atoms with E-state index < -0.39 is 6.09 Å². The second-order valence-electron chi connectivity index (χ2n) is 4.24.